The summed E-state index contributed by atoms with van der Waals surface area (Å²) < 4.78 is 24.1. The summed E-state index contributed by atoms with van der Waals surface area (Å²) >= 11 is 12.2. The fraction of sp³-hybridized carbons (Fsp3) is 0.250. The average molecular weight is 571 g/mol. The van der Waals surface area contributed by atoms with Gasteiger partial charge in [0.25, 0.3) is 5.91 Å². The van der Waals surface area contributed by atoms with E-state index in [4.69, 9.17) is 27.9 Å². The minimum atomic E-state index is -1.73. The van der Waals surface area contributed by atoms with Crippen molar-refractivity contribution in [2.24, 2.45) is 7.05 Å². The molecule has 0 saturated carbocycles. The lowest BCUT2D eigenvalue weighted by molar-refractivity contribution is -0.120. The first-order valence-corrected chi connectivity index (χ1v) is 12.9. The van der Waals surface area contributed by atoms with Crippen molar-refractivity contribution in [3.05, 3.63) is 116 Å². The summed E-state index contributed by atoms with van der Waals surface area (Å²) in [6.07, 6.45) is 4.78. The third kappa shape index (κ3) is 4.92. The summed E-state index contributed by atoms with van der Waals surface area (Å²) in [5, 5.41) is 24.9. The number of benzene rings is 2. The quantitative estimate of drug-likeness (QED) is 0.312. The number of hydrogen-bond donors (Lipinski definition) is 2. The molecule has 0 fully saturated rings. The lowest BCUT2D eigenvalue weighted by Gasteiger charge is -2.39. The van der Waals surface area contributed by atoms with E-state index in [0.717, 1.165) is 0 Å². The van der Waals surface area contributed by atoms with Gasteiger partial charge in [-0.25, -0.2) is 4.39 Å². The number of rotatable bonds is 9. The number of aliphatic hydroxyl groups excluding tert-OH is 2. The molecular formula is C28H25Cl2FN4O4. The molecular weight excluding hydrogens is 546 g/mol. The summed E-state index contributed by atoms with van der Waals surface area (Å²) in [6, 6.07) is 12.8. The standard InChI is InChI=1S/C28H25Cl2FN4O4/c1-34-14-18(12-33-34)24(16-37)17-10-23-26(25(31)11-17)28(39-9-8-36,19-2-4-20(29)5-3-19)35(27(23)38)15-22-7-6-21(30)13-32-22/h2-7,10-14,24,36-37H,8-9,15-16H2,1H3/t24?,28-/m1/s1. The Morgan fingerprint density at radius 3 is 2.41 bits per heavy atom. The van der Waals surface area contributed by atoms with Gasteiger partial charge in [0.15, 0.2) is 5.72 Å². The number of amides is 1. The van der Waals surface area contributed by atoms with Crippen LogP contribution in [-0.2, 0) is 24.1 Å². The van der Waals surface area contributed by atoms with Crippen molar-refractivity contribution in [3.8, 4) is 0 Å². The van der Waals surface area contributed by atoms with Crippen molar-refractivity contribution < 1.29 is 24.1 Å². The molecule has 202 valence electrons. The van der Waals surface area contributed by atoms with Crippen molar-refractivity contribution in [1.29, 1.82) is 0 Å². The molecule has 8 nitrogen and oxygen atoms in total. The molecule has 0 spiro atoms. The van der Waals surface area contributed by atoms with Gasteiger partial charge in [-0.05, 0) is 47.5 Å². The van der Waals surface area contributed by atoms with Gasteiger partial charge in [0.2, 0.25) is 0 Å². The highest BCUT2D eigenvalue weighted by Gasteiger charge is 2.54. The van der Waals surface area contributed by atoms with Crippen LogP contribution in [0, 0.1) is 5.82 Å². The van der Waals surface area contributed by atoms with Crippen LogP contribution in [0.5, 0.6) is 0 Å². The first-order chi connectivity index (χ1) is 18.8. The molecule has 2 N–H and O–H groups in total. The van der Waals surface area contributed by atoms with Gasteiger partial charge in [0.05, 0.1) is 54.4 Å². The van der Waals surface area contributed by atoms with E-state index in [1.807, 2.05) is 0 Å². The first kappa shape index (κ1) is 27.2. The molecule has 39 heavy (non-hydrogen) atoms. The molecule has 0 aliphatic carbocycles. The maximum Gasteiger partial charge on any atom is 0.257 e. The molecule has 0 radical (unpaired) electrons. The Kier molecular flexibility index (Phi) is 7.70. The Morgan fingerprint density at radius 1 is 1.05 bits per heavy atom. The number of aryl methyl sites for hydroxylation is 1. The zero-order chi connectivity index (χ0) is 27.7. The summed E-state index contributed by atoms with van der Waals surface area (Å²) in [6.45, 7) is -0.908. The Balaban J connectivity index is 1.72. The van der Waals surface area contributed by atoms with Crippen molar-refractivity contribution >= 4 is 29.1 Å². The monoisotopic (exact) mass is 570 g/mol. The predicted octanol–water partition coefficient (Wildman–Crippen LogP) is 4.25. The van der Waals surface area contributed by atoms with Gasteiger partial charge in [0.1, 0.15) is 5.82 Å². The largest absolute Gasteiger partial charge is 0.395 e. The van der Waals surface area contributed by atoms with Crippen LogP contribution in [0.15, 0.2) is 67.1 Å². The Labute approximate surface area is 234 Å². The molecule has 11 heteroatoms. The second-order valence-electron chi connectivity index (χ2n) is 9.19. The SMILES string of the molecule is Cn1cc(C(CO)c2cc(F)c3c(c2)C(=O)N(Cc2ccc(Cl)cn2)[C@@]3(OCCO)c2ccc(Cl)cc2)cn1. The molecule has 2 aromatic heterocycles. The van der Waals surface area contributed by atoms with Crippen LogP contribution in [0.3, 0.4) is 0 Å². The second-order valence-corrected chi connectivity index (χ2v) is 10.1. The van der Waals surface area contributed by atoms with Crippen LogP contribution in [-0.4, -0.2) is 55.6 Å². The summed E-state index contributed by atoms with van der Waals surface area (Å²) in [5.74, 6) is -1.81. The van der Waals surface area contributed by atoms with Crippen molar-refractivity contribution in [2.45, 2.75) is 18.2 Å². The van der Waals surface area contributed by atoms with Crippen molar-refractivity contribution in [3.63, 3.8) is 0 Å². The van der Waals surface area contributed by atoms with Gasteiger partial charge >= 0.3 is 0 Å². The lowest BCUT2D eigenvalue weighted by atomic mass is 9.87. The summed E-state index contributed by atoms with van der Waals surface area (Å²) in [4.78, 5) is 19.8. The Morgan fingerprint density at radius 2 is 1.79 bits per heavy atom. The summed E-state index contributed by atoms with van der Waals surface area (Å²) in [7, 11) is 1.74. The lowest BCUT2D eigenvalue weighted by Crippen LogP contribution is -2.47. The molecule has 5 rings (SSSR count). The van der Waals surface area contributed by atoms with Crippen LogP contribution in [0.1, 0.15) is 44.2 Å². The molecule has 4 aromatic rings. The van der Waals surface area contributed by atoms with Gasteiger partial charge in [-0.1, -0.05) is 35.3 Å². The first-order valence-electron chi connectivity index (χ1n) is 12.1. The smallest absolute Gasteiger partial charge is 0.257 e. The highest BCUT2D eigenvalue weighted by atomic mass is 35.5. The van der Waals surface area contributed by atoms with E-state index in [1.54, 1.807) is 66.6 Å². The number of carbonyl (C=O) groups excluding carboxylic acids is 1. The number of aliphatic hydroxyl groups is 2. The molecule has 3 heterocycles. The fourth-order valence-electron chi connectivity index (χ4n) is 5.04. The van der Waals surface area contributed by atoms with E-state index >= 15 is 4.39 Å². The van der Waals surface area contributed by atoms with E-state index in [2.05, 4.69) is 10.1 Å². The normalized spacial score (nSPS) is 17.5. The number of pyridine rings is 1. The Bertz CT molecular complexity index is 1500. The average Bonchev–Trinajstić information content (AvgIpc) is 3.45. The number of halogens is 3. The predicted molar refractivity (Wildman–Crippen MR) is 143 cm³/mol. The maximum atomic E-state index is 16.3. The van der Waals surface area contributed by atoms with Crippen LogP contribution in [0.4, 0.5) is 4.39 Å². The van der Waals surface area contributed by atoms with Crippen LogP contribution in [0.25, 0.3) is 0 Å². The Hall–Kier alpha value is -3.34. The van der Waals surface area contributed by atoms with E-state index in [1.165, 1.54) is 17.2 Å². The fourth-order valence-corrected chi connectivity index (χ4v) is 5.27. The van der Waals surface area contributed by atoms with Gasteiger partial charge < -0.3 is 14.9 Å². The molecule has 1 unspecified atom stereocenters. The molecule has 0 saturated heterocycles. The number of carbonyl (C=O) groups is 1. The second kappa shape index (κ2) is 11.0. The highest BCUT2D eigenvalue weighted by Crippen LogP contribution is 2.48. The molecule has 0 bridgehead atoms. The number of fused-ring (bicyclic) bond motifs is 1. The van der Waals surface area contributed by atoms with Crippen molar-refractivity contribution in [2.75, 3.05) is 19.8 Å². The minimum Gasteiger partial charge on any atom is -0.395 e. The van der Waals surface area contributed by atoms with E-state index < -0.39 is 23.4 Å². The zero-order valence-electron chi connectivity index (χ0n) is 20.9. The number of hydrogen-bond acceptors (Lipinski definition) is 6. The number of nitrogens with zero attached hydrogens (tertiary/aromatic N) is 4. The molecule has 2 aromatic carbocycles. The third-order valence-electron chi connectivity index (χ3n) is 6.77. The molecule has 2 atom stereocenters. The van der Waals surface area contributed by atoms with Crippen LogP contribution >= 0.6 is 23.2 Å². The van der Waals surface area contributed by atoms with Gasteiger partial charge in [-0.3, -0.25) is 19.4 Å². The van der Waals surface area contributed by atoms with Crippen LogP contribution < -0.4 is 0 Å². The van der Waals surface area contributed by atoms with Gasteiger partial charge in [0, 0.05) is 35.9 Å². The van der Waals surface area contributed by atoms with Crippen molar-refractivity contribution in [1.82, 2.24) is 19.7 Å². The molecule has 1 aliphatic rings. The van der Waals surface area contributed by atoms with Gasteiger partial charge in [-0.2, -0.15) is 5.10 Å². The molecule has 1 amide bonds. The zero-order valence-corrected chi connectivity index (χ0v) is 22.4. The molecule has 1 aliphatic heterocycles. The summed E-state index contributed by atoms with van der Waals surface area (Å²) in [5.41, 5.74) is 0.376. The number of aromatic nitrogens is 3. The topological polar surface area (TPSA) is 101 Å². The van der Waals surface area contributed by atoms with E-state index in [9.17, 15) is 15.0 Å². The van der Waals surface area contributed by atoms with Gasteiger partial charge in [-0.15, -0.1) is 0 Å². The van der Waals surface area contributed by atoms with E-state index in [-0.39, 0.29) is 37.5 Å². The highest BCUT2D eigenvalue weighted by molar-refractivity contribution is 6.30. The number of ether oxygens (including phenoxy) is 1. The maximum absolute atomic E-state index is 16.3. The van der Waals surface area contributed by atoms with E-state index in [0.29, 0.717) is 32.4 Å². The third-order valence-corrected chi connectivity index (χ3v) is 7.24. The van der Waals surface area contributed by atoms with Crippen LogP contribution in [0.2, 0.25) is 10.0 Å². The minimum absolute atomic E-state index is 0.00358.